The first kappa shape index (κ1) is 32.4. The predicted molar refractivity (Wildman–Crippen MR) is 167 cm³/mol. The smallest absolute Gasteiger partial charge is 0.419 e. The van der Waals surface area contributed by atoms with E-state index < -0.39 is 29.1 Å². The molecular formula is C34H38F2N2O6S. The Hall–Kier alpha value is -3.99. The number of alkyl carbamates (subject to hydrolysis) is 1. The van der Waals surface area contributed by atoms with Gasteiger partial charge < -0.3 is 19.5 Å². The average molecular weight is 641 g/mol. The van der Waals surface area contributed by atoms with Crippen LogP contribution in [-0.2, 0) is 20.5 Å². The maximum atomic E-state index is 13.3. The summed E-state index contributed by atoms with van der Waals surface area (Å²) in [4.78, 5) is 25.0. The summed E-state index contributed by atoms with van der Waals surface area (Å²) in [6.07, 6.45) is 0.644. The number of benzene rings is 3. The summed E-state index contributed by atoms with van der Waals surface area (Å²) in [6.45, 7) is 2.54. The van der Waals surface area contributed by atoms with Crippen LogP contribution < -0.4 is 14.8 Å². The summed E-state index contributed by atoms with van der Waals surface area (Å²) in [6, 6.07) is 21.0. The first-order valence-electron chi connectivity index (χ1n) is 15.3. The lowest BCUT2D eigenvalue weighted by Gasteiger charge is -2.28. The summed E-state index contributed by atoms with van der Waals surface area (Å²) in [7, 11) is -1.91. The van der Waals surface area contributed by atoms with Crippen LogP contribution in [0, 0.1) is 6.92 Å². The number of carbonyl (C=O) groups is 2. The molecule has 8 nitrogen and oxygen atoms in total. The van der Waals surface area contributed by atoms with Crippen LogP contribution >= 0.6 is 0 Å². The minimum atomic E-state index is -2.64. The van der Waals surface area contributed by atoms with Gasteiger partial charge in [-0.1, -0.05) is 54.6 Å². The molecule has 11 heteroatoms. The van der Waals surface area contributed by atoms with Crippen molar-refractivity contribution >= 4 is 23.2 Å². The lowest BCUT2D eigenvalue weighted by Crippen LogP contribution is -2.40. The van der Waals surface area contributed by atoms with Crippen LogP contribution in [0.2, 0.25) is 0 Å². The highest BCUT2D eigenvalue weighted by molar-refractivity contribution is 7.83. The van der Waals surface area contributed by atoms with Crippen LogP contribution in [0.1, 0.15) is 67.6 Å². The van der Waals surface area contributed by atoms with Gasteiger partial charge in [0.25, 0.3) is 0 Å². The largest absolute Gasteiger partial charge is 0.492 e. The van der Waals surface area contributed by atoms with Crippen molar-refractivity contribution in [3.8, 4) is 16.9 Å². The molecule has 2 aliphatic carbocycles. The fourth-order valence-electron chi connectivity index (χ4n) is 5.76. The molecule has 2 N–H and O–H groups in total. The zero-order valence-corrected chi connectivity index (χ0v) is 26.0. The van der Waals surface area contributed by atoms with Crippen LogP contribution in [0.5, 0.6) is 5.75 Å². The van der Waals surface area contributed by atoms with Gasteiger partial charge in [0.2, 0.25) is 5.92 Å². The molecule has 5 rings (SSSR count). The van der Waals surface area contributed by atoms with Crippen molar-refractivity contribution in [2.24, 2.45) is 0 Å². The van der Waals surface area contributed by atoms with Crippen LogP contribution in [0.25, 0.3) is 11.1 Å². The molecule has 0 radical (unpaired) electrons. The number of amides is 2. The van der Waals surface area contributed by atoms with Gasteiger partial charge in [0.15, 0.2) is 11.0 Å². The summed E-state index contributed by atoms with van der Waals surface area (Å²) in [5.74, 6) is -2.35. The fraction of sp³-hybridized carbons (Fsp3) is 0.412. The van der Waals surface area contributed by atoms with Crippen molar-refractivity contribution in [3.63, 3.8) is 0 Å². The van der Waals surface area contributed by atoms with E-state index in [-0.39, 0.29) is 50.9 Å². The van der Waals surface area contributed by atoms with Crippen molar-refractivity contribution in [1.82, 2.24) is 10.0 Å². The van der Waals surface area contributed by atoms with Gasteiger partial charge in [-0.2, -0.15) is 0 Å². The lowest BCUT2D eigenvalue weighted by atomic mass is 9.92. The number of aryl methyl sites for hydroxylation is 1. The Bertz CT molecular complexity index is 1480. The number of halogens is 2. The molecule has 1 unspecified atom stereocenters. The Morgan fingerprint density at radius 2 is 1.51 bits per heavy atom. The third-order valence-electron chi connectivity index (χ3n) is 8.14. The highest BCUT2D eigenvalue weighted by Crippen LogP contribution is 2.44. The molecule has 1 saturated carbocycles. The Labute approximate surface area is 264 Å². The van der Waals surface area contributed by atoms with E-state index in [2.05, 4.69) is 22.2 Å². The van der Waals surface area contributed by atoms with E-state index in [0.29, 0.717) is 36.5 Å². The average Bonchev–Trinajstić information content (AvgIpc) is 3.34. The van der Waals surface area contributed by atoms with Crippen molar-refractivity contribution in [2.75, 3.05) is 19.8 Å². The number of unbranched alkanes of at least 4 members (excludes halogenated alkanes) is 2. The van der Waals surface area contributed by atoms with Crippen molar-refractivity contribution in [3.05, 3.63) is 83.4 Å². The van der Waals surface area contributed by atoms with Gasteiger partial charge in [0.1, 0.15) is 17.3 Å². The lowest BCUT2D eigenvalue weighted by molar-refractivity contribution is -0.0403. The molecule has 1 fully saturated rings. The van der Waals surface area contributed by atoms with Gasteiger partial charge in [-0.3, -0.25) is 0 Å². The number of rotatable bonds is 12. The Kier molecular flexibility index (Phi) is 10.7. The molecule has 0 aliphatic heterocycles. The Morgan fingerprint density at radius 1 is 0.867 bits per heavy atom. The van der Waals surface area contributed by atoms with Crippen LogP contribution in [-0.4, -0.2) is 48.2 Å². The van der Waals surface area contributed by atoms with Crippen molar-refractivity contribution in [2.45, 2.75) is 74.6 Å². The van der Waals surface area contributed by atoms with Gasteiger partial charge in [0, 0.05) is 24.8 Å². The van der Waals surface area contributed by atoms with Gasteiger partial charge in [0.05, 0.1) is 13.2 Å². The van der Waals surface area contributed by atoms with Crippen LogP contribution in [0.3, 0.4) is 0 Å². The number of carbonyl (C=O) groups excluding carboxylic acids is 2. The van der Waals surface area contributed by atoms with E-state index in [1.807, 2.05) is 43.3 Å². The number of nitrogens with one attached hydrogen (secondary N) is 2. The van der Waals surface area contributed by atoms with Gasteiger partial charge in [-0.05, 0) is 79.0 Å². The van der Waals surface area contributed by atoms with E-state index in [4.69, 9.17) is 14.2 Å². The van der Waals surface area contributed by atoms with Gasteiger partial charge >= 0.3 is 12.2 Å². The summed E-state index contributed by atoms with van der Waals surface area (Å²) >= 11 is 0. The first-order valence-corrected chi connectivity index (χ1v) is 16.4. The maximum Gasteiger partial charge on any atom is 0.419 e. The number of fused-ring (bicyclic) bond motifs is 3. The van der Waals surface area contributed by atoms with Crippen molar-refractivity contribution < 1.29 is 36.8 Å². The maximum absolute atomic E-state index is 13.3. The van der Waals surface area contributed by atoms with Gasteiger partial charge in [-0.15, -0.1) is 0 Å². The SMILES string of the molecule is Cc1ccc(S(=O)NC(=O)OCC2c3ccccc3-c3ccccc32)c(OCCCCCOC(=O)NC2CCC(F)(F)CC2)c1. The number of alkyl halides is 2. The van der Waals surface area contributed by atoms with E-state index in [9.17, 15) is 22.6 Å². The van der Waals surface area contributed by atoms with E-state index in [1.54, 1.807) is 18.2 Å². The number of ether oxygens (including phenoxy) is 3. The zero-order valence-electron chi connectivity index (χ0n) is 25.2. The van der Waals surface area contributed by atoms with E-state index in [0.717, 1.165) is 27.8 Å². The quantitative estimate of drug-likeness (QED) is 0.200. The molecule has 3 aromatic carbocycles. The third kappa shape index (κ3) is 8.59. The van der Waals surface area contributed by atoms with Crippen molar-refractivity contribution in [1.29, 1.82) is 0 Å². The molecule has 45 heavy (non-hydrogen) atoms. The normalized spacial score (nSPS) is 16.2. The van der Waals surface area contributed by atoms with E-state index in [1.165, 1.54) is 0 Å². The molecule has 240 valence electrons. The molecule has 0 spiro atoms. The fourth-order valence-corrected chi connectivity index (χ4v) is 6.57. The molecule has 2 amide bonds. The minimum absolute atomic E-state index is 0.109. The first-order chi connectivity index (χ1) is 21.7. The molecule has 0 saturated heterocycles. The second-order valence-corrected chi connectivity index (χ2v) is 12.6. The summed E-state index contributed by atoms with van der Waals surface area (Å²) < 4.78 is 58.7. The zero-order chi connectivity index (χ0) is 31.8. The molecule has 2 aliphatic rings. The molecule has 0 bridgehead atoms. The highest BCUT2D eigenvalue weighted by Gasteiger charge is 2.35. The Balaban J connectivity index is 1.03. The van der Waals surface area contributed by atoms with Crippen LogP contribution in [0.15, 0.2) is 71.6 Å². The summed E-state index contributed by atoms with van der Waals surface area (Å²) in [5, 5.41) is 2.66. The Morgan fingerprint density at radius 3 is 2.20 bits per heavy atom. The second-order valence-electron chi connectivity index (χ2n) is 11.5. The second kappa shape index (κ2) is 14.9. The summed E-state index contributed by atoms with van der Waals surface area (Å²) in [5.41, 5.74) is 5.33. The molecule has 0 aromatic heterocycles. The van der Waals surface area contributed by atoms with E-state index >= 15 is 0 Å². The molecule has 3 aromatic rings. The highest BCUT2D eigenvalue weighted by atomic mass is 32.2. The molecule has 1 atom stereocenters. The standard InChI is InChI=1S/C34H38F2N2O6S/c1-23-13-14-31(30(21-23)42-19-7-2-8-20-43-32(39)37-24-15-17-34(35,36)18-16-24)45(41)38-33(40)44-22-29-27-11-5-3-9-25(27)26-10-4-6-12-28(26)29/h3-6,9-14,21,24,29H,2,7-8,15-20,22H2,1H3,(H,37,39)(H,38,40). The minimum Gasteiger partial charge on any atom is -0.492 e. The third-order valence-corrected chi connectivity index (χ3v) is 9.23. The number of hydrogen-bond donors (Lipinski definition) is 2. The monoisotopic (exact) mass is 640 g/mol. The van der Waals surface area contributed by atoms with Crippen LogP contribution in [0.4, 0.5) is 18.4 Å². The topological polar surface area (TPSA) is 103 Å². The molecular weight excluding hydrogens is 602 g/mol. The molecule has 0 heterocycles. The van der Waals surface area contributed by atoms with Gasteiger partial charge in [-0.25, -0.2) is 27.3 Å². The predicted octanol–water partition coefficient (Wildman–Crippen LogP) is 7.41. The number of hydrogen-bond acceptors (Lipinski definition) is 6.